The van der Waals surface area contributed by atoms with Gasteiger partial charge in [-0.3, -0.25) is 4.79 Å². The van der Waals surface area contributed by atoms with Crippen LogP contribution in [0.4, 0.5) is 10.1 Å². The summed E-state index contributed by atoms with van der Waals surface area (Å²) in [7, 11) is 6.60. The first-order chi connectivity index (χ1) is 22.8. The summed E-state index contributed by atoms with van der Waals surface area (Å²) in [6.45, 7) is 5.22. The molecule has 16 heteroatoms. The van der Waals surface area contributed by atoms with E-state index in [1.165, 1.54) is 39.2 Å². The van der Waals surface area contributed by atoms with Gasteiger partial charge in [0.2, 0.25) is 23.0 Å². The number of rotatable bonds is 9. The molecule has 0 bridgehead atoms. The van der Waals surface area contributed by atoms with Gasteiger partial charge in [0.15, 0.2) is 23.1 Å². The minimum absolute atomic E-state index is 0.0237. The monoisotopic (exact) mass is 665 g/mol. The molecule has 0 N–H and O–H groups in total. The van der Waals surface area contributed by atoms with Crippen LogP contribution in [0.5, 0.6) is 23.0 Å². The number of ether oxygens (including phenoxy) is 4. The number of pyridine rings is 1. The number of thioether (sulfide) groups is 1. The van der Waals surface area contributed by atoms with Crippen molar-refractivity contribution < 1.29 is 32.2 Å². The standard InChI is InChI=1S/C31H32FN7O7S/c1-16-14-44-28-24-18(12-20(32)25(28)38-8-6-37(2)7-9-38)26(40)19(13-39(16)24)30-35-36-31(46-30)47-15-23-33-34-29(45-23)17-10-21(41-3)27(43-5)22(11-17)42-4/h10-13,16H,6-9,14-15H2,1-5H3. The van der Waals surface area contributed by atoms with Crippen molar-refractivity contribution in [3.63, 3.8) is 0 Å². The first-order valence-corrected chi connectivity index (χ1v) is 15.8. The van der Waals surface area contributed by atoms with Crippen LogP contribution in [-0.2, 0) is 5.75 Å². The van der Waals surface area contributed by atoms with Gasteiger partial charge in [-0.25, -0.2) is 4.39 Å². The Balaban J connectivity index is 1.15. The fourth-order valence-electron chi connectivity index (χ4n) is 5.82. The molecule has 1 fully saturated rings. The number of likely N-dealkylation sites (N-methyl/N-ethyl adjacent to an activating group) is 1. The Morgan fingerprint density at radius 2 is 1.68 bits per heavy atom. The molecular formula is C31H32FN7O7S. The Morgan fingerprint density at radius 3 is 2.38 bits per heavy atom. The molecule has 47 heavy (non-hydrogen) atoms. The summed E-state index contributed by atoms with van der Waals surface area (Å²) >= 11 is 1.17. The van der Waals surface area contributed by atoms with E-state index >= 15 is 4.39 Å². The molecule has 1 unspecified atom stereocenters. The number of halogens is 1. The van der Waals surface area contributed by atoms with E-state index in [-0.39, 0.29) is 39.7 Å². The van der Waals surface area contributed by atoms with Gasteiger partial charge in [-0.1, -0.05) is 11.8 Å². The third-order valence-corrected chi connectivity index (χ3v) is 9.10. The molecule has 5 heterocycles. The molecule has 7 rings (SSSR count). The van der Waals surface area contributed by atoms with Crippen molar-refractivity contribution in [1.29, 1.82) is 0 Å². The van der Waals surface area contributed by atoms with Crippen LogP contribution in [0.15, 0.2) is 43.2 Å². The second-order valence-corrected chi connectivity index (χ2v) is 12.2. The maximum absolute atomic E-state index is 15.7. The number of hydrogen-bond donors (Lipinski definition) is 0. The van der Waals surface area contributed by atoms with Gasteiger partial charge >= 0.3 is 0 Å². The zero-order chi connectivity index (χ0) is 32.8. The first-order valence-electron chi connectivity index (χ1n) is 14.9. The van der Waals surface area contributed by atoms with Crippen LogP contribution in [-0.4, -0.2) is 91.0 Å². The number of piperazine rings is 1. The summed E-state index contributed by atoms with van der Waals surface area (Å²) in [5, 5.41) is 16.9. The number of methoxy groups -OCH3 is 3. The highest BCUT2D eigenvalue weighted by atomic mass is 32.2. The number of benzene rings is 2. The molecule has 5 aromatic rings. The lowest BCUT2D eigenvalue weighted by Gasteiger charge is -2.37. The fraction of sp³-hybridized carbons (Fsp3) is 0.387. The molecule has 0 radical (unpaired) electrons. The third-order valence-electron chi connectivity index (χ3n) is 8.30. The average molecular weight is 666 g/mol. The highest BCUT2D eigenvalue weighted by molar-refractivity contribution is 7.98. The minimum atomic E-state index is -0.500. The molecule has 0 spiro atoms. The smallest absolute Gasteiger partial charge is 0.277 e. The SMILES string of the molecule is COc1cc(-c2nnc(CSc3nnc(-c4cn5c6c(c(N7CCN(C)CC7)c(F)cc6c4=O)OCC5C)o3)o2)cc(OC)c1OC. The third kappa shape index (κ3) is 5.50. The van der Waals surface area contributed by atoms with Crippen molar-refractivity contribution >= 4 is 28.4 Å². The summed E-state index contributed by atoms with van der Waals surface area (Å²) in [5.74, 6) is 2.04. The fourth-order valence-corrected chi connectivity index (χ4v) is 6.42. The lowest BCUT2D eigenvalue weighted by atomic mass is 10.1. The molecule has 1 saturated heterocycles. The normalized spacial score (nSPS) is 16.4. The summed E-state index contributed by atoms with van der Waals surface area (Å²) in [6.07, 6.45) is 1.69. The summed E-state index contributed by atoms with van der Waals surface area (Å²) in [6, 6.07) is 4.59. The van der Waals surface area contributed by atoms with Crippen molar-refractivity contribution in [2.45, 2.75) is 23.9 Å². The van der Waals surface area contributed by atoms with Gasteiger partial charge in [0, 0.05) is 37.9 Å². The Morgan fingerprint density at radius 1 is 0.957 bits per heavy atom. The summed E-state index contributed by atoms with van der Waals surface area (Å²) < 4.78 is 51.7. The van der Waals surface area contributed by atoms with Crippen LogP contribution >= 0.6 is 11.8 Å². The van der Waals surface area contributed by atoms with Gasteiger partial charge in [0.1, 0.15) is 17.9 Å². The summed E-state index contributed by atoms with van der Waals surface area (Å²) in [4.78, 5) is 18.0. The van der Waals surface area contributed by atoms with Gasteiger partial charge in [0.25, 0.3) is 11.1 Å². The molecule has 0 aliphatic carbocycles. The van der Waals surface area contributed by atoms with Gasteiger partial charge in [-0.2, -0.15) is 0 Å². The van der Waals surface area contributed by atoms with E-state index < -0.39 is 11.2 Å². The number of aromatic nitrogens is 5. The van der Waals surface area contributed by atoms with E-state index in [0.29, 0.717) is 65.4 Å². The predicted molar refractivity (Wildman–Crippen MR) is 170 cm³/mol. The quantitative estimate of drug-likeness (QED) is 0.207. The maximum atomic E-state index is 15.7. The topological polar surface area (TPSA) is 143 Å². The second kappa shape index (κ2) is 12.4. The van der Waals surface area contributed by atoms with E-state index in [2.05, 4.69) is 25.3 Å². The van der Waals surface area contributed by atoms with E-state index in [4.69, 9.17) is 27.8 Å². The highest BCUT2D eigenvalue weighted by Crippen LogP contribution is 2.43. The Labute approximate surface area is 272 Å². The van der Waals surface area contributed by atoms with Crippen LogP contribution in [0.1, 0.15) is 18.9 Å². The number of hydrogen-bond acceptors (Lipinski definition) is 14. The molecule has 2 aromatic carbocycles. The van der Waals surface area contributed by atoms with E-state index in [1.54, 1.807) is 18.3 Å². The predicted octanol–water partition coefficient (Wildman–Crippen LogP) is 4.26. The van der Waals surface area contributed by atoms with Crippen molar-refractivity contribution in [1.82, 2.24) is 29.9 Å². The minimum Gasteiger partial charge on any atom is -0.493 e. The molecule has 2 aliphatic rings. The highest BCUT2D eigenvalue weighted by Gasteiger charge is 2.31. The Kier molecular flexibility index (Phi) is 8.13. The van der Waals surface area contributed by atoms with Gasteiger partial charge in [-0.15, -0.1) is 20.4 Å². The summed E-state index contributed by atoms with van der Waals surface area (Å²) in [5.41, 5.74) is 1.28. The van der Waals surface area contributed by atoms with Crippen molar-refractivity contribution in [3.05, 3.63) is 46.3 Å². The molecule has 1 atom stereocenters. The Bertz CT molecular complexity index is 2000. The van der Waals surface area contributed by atoms with E-state index in [1.807, 2.05) is 23.4 Å². The Hall–Kier alpha value is -4.83. The number of anilines is 1. The molecule has 14 nitrogen and oxygen atoms in total. The zero-order valence-corrected chi connectivity index (χ0v) is 27.2. The van der Waals surface area contributed by atoms with Crippen LogP contribution in [0.2, 0.25) is 0 Å². The molecule has 3 aromatic heterocycles. The first kappa shape index (κ1) is 30.8. The van der Waals surface area contributed by atoms with Crippen LogP contribution in [0, 0.1) is 5.82 Å². The van der Waals surface area contributed by atoms with Crippen molar-refractivity contribution in [3.8, 4) is 45.9 Å². The van der Waals surface area contributed by atoms with E-state index in [9.17, 15) is 4.79 Å². The number of nitrogens with zero attached hydrogens (tertiary/aromatic N) is 7. The van der Waals surface area contributed by atoms with Crippen molar-refractivity contribution in [2.75, 3.05) is 66.1 Å². The van der Waals surface area contributed by atoms with Gasteiger partial charge < -0.3 is 42.1 Å². The molecule has 246 valence electrons. The van der Waals surface area contributed by atoms with E-state index in [0.717, 1.165) is 13.1 Å². The molecule has 0 saturated carbocycles. The average Bonchev–Trinajstić information content (AvgIpc) is 3.76. The largest absolute Gasteiger partial charge is 0.493 e. The lowest BCUT2D eigenvalue weighted by molar-refractivity contribution is 0.245. The molecule has 2 aliphatic heterocycles. The van der Waals surface area contributed by atoms with Crippen LogP contribution < -0.4 is 29.3 Å². The van der Waals surface area contributed by atoms with Crippen LogP contribution in [0.3, 0.4) is 0 Å². The molecular weight excluding hydrogens is 633 g/mol. The van der Waals surface area contributed by atoms with Gasteiger partial charge in [0.05, 0.1) is 44.0 Å². The zero-order valence-electron chi connectivity index (χ0n) is 26.4. The molecule has 0 amide bonds. The van der Waals surface area contributed by atoms with Crippen molar-refractivity contribution in [2.24, 2.45) is 0 Å². The maximum Gasteiger partial charge on any atom is 0.277 e. The van der Waals surface area contributed by atoms with Gasteiger partial charge in [-0.05, 0) is 32.2 Å². The second-order valence-electron chi connectivity index (χ2n) is 11.2. The lowest BCUT2D eigenvalue weighted by Crippen LogP contribution is -2.45. The van der Waals surface area contributed by atoms with Crippen LogP contribution in [0.25, 0.3) is 33.8 Å².